The Morgan fingerprint density at radius 1 is 1.28 bits per heavy atom. The second-order valence-corrected chi connectivity index (χ2v) is 9.85. The van der Waals surface area contributed by atoms with E-state index in [1.807, 2.05) is 0 Å². The lowest BCUT2D eigenvalue weighted by molar-refractivity contribution is -0.145. The Morgan fingerprint density at radius 3 is 2.79 bits per heavy atom. The highest BCUT2D eigenvalue weighted by Gasteiger charge is 2.68. The highest BCUT2D eigenvalue weighted by molar-refractivity contribution is 5.89. The molecule has 2 saturated carbocycles. The summed E-state index contributed by atoms with van der Waals surface area (Å²) in [7, 11) is 1.71. The summed E-state index contributed by atoms with van der Waals surface area (Å²) >= 11 is 0. The van der Waals surface area contributed by atoms with Crippen LogP contribution in [0.4, 0.5) is 0 Å². The van der Waals surface area contributed by atoms with Gasteiger partial charge < -0.3 is 9.47 Å². The summed E-state index contributed by atoms with van der Waals surface area (Å²) in [6.45, 7) is 4.64. The number of halogens is 1. The van der Waals surface area contributed by atoms with Crippen LogP contribution in [-0.2, 0) is 16.6 Å². The first-order valence-electron chi connectivity index (χ1n) is 11.3. The van der Waals surface area contributed by atoms with Gasteiger partial charge in [0.25, 0.3) is 0 Å². The topological polar surface area (TPSA) is 38.8 Å². The Morgan fingerprint density at radius 2 is 2.10 bits per heavy atom. The SMILES string of the molecule is CC[C@H]1CC(=O)[C@H]2Oc3c(OC)ccc4c3[C@@]23CCN(CC2CCC2)[C@H](C4)[C@H]13.Cl. The second-order valence-electron chi connectivity index (χ2n) is 9.85. The average molecular weight is 418 g/mol. The Kier molecular flexibility index (Phi) is 4.67. The van der Waals surface area contributed by atoms with Crippen LogP contribution in [0.1, 0.15) is 56.6 Å². The van der Waals surface area contributed by atoms with Gasteiger partial charge >= 0.3 is 0 Å². The Hall–Kier alpha value is -1.26. The van der Waals surface area contributed by atoms with Crippen LogP contribution < -0.4 is 9.47 Å². The van der Waals surface area contributed by atoms with E-state index in [0.717, 1.165) is 43.2 Å². The van der Waals surface area contributed by atoms with Gasteiger partial charge in [0.15, 0.2) is 23.4 Å². The van der Waals surface area contributed by atoms with Crippen molar-refractivity contribution in [3.05, 3.63) is 23.3 Å². The third kappa shape index (κ3) is 2.45. The van der Waals surface area contributed by atoms with Gasteiger partial charge in [0.1, 0.15) is 0 Å². The van der Waals surface area contributed by atoms with Gasteiger partial charge in [0, 0.05) is 30.0 Å². The molecule has 3 aliphatic carbocycles. The van der Waals surface area contributed by atoms with Gasteiger partial charge in [-0.15, -0.1) is 12.4 Å². The molecule has 6 rings (SSSR count). The fraction of sp³-hybridized carbons (Fsp3) is 0.708. The molecule has 1 aromatic rings. The Bertz CT molecular complexity index is 838. The molecule has 2 bridgehead atoms. The number of benzene rings is 1. The normalized spacial score (nSPS) is 37.2. The van der Waals surface area contributed by atoms with Crippen molar-refractivity contribution >= 4 is 18.2 Å². The molecule has 1 saturated heterocycles. The molecule has 158 valence electrons. The van der Waals surface area contributed by atoms with E-state index in [-0.39, 0.29) is 23.9 Å². The van der Waals surface area contributed by atoms with Gasteiger partial charge in [-0.1, -0.05) is 25.8 Å². The first-order valence-corrected chi connectivity index (χ1v) is 11.3. The zero-order chi connectivity index (χ0) is 19.0. The molecule has 5 heteroatoms. The fourth-order valence-electron chi connectivity index (χ4n) is 7.44. The van der Waals surface area contributed by atoms with E-state index >= 15 is 0 Å². The van der Waals surface area contributed by atoms with Gasteiger partial charge in [-0.2, -0.15) is 0 Å². The summed E-state index contributed by atoms with van der Waals surface area (Å²) in [4.78, 5) is 16.0. The summed E-state index contributed by atoms with van der Waals surface area (Å²) in [5.74, 6) is 3.91. The van der Waals surface area contributed by atoms with Crippen LogP contribution in [-0.4, -0.2) is 43.0 Å². The number of ether oxygens (including phenoxy) is 2. The highest BCUT2D eigenvalue weighted by Crippen LogP contribution is 2.64. The maximum Gasteiger partial charge on any atom is 0.174 e. The highest BCUT2D eigenvalue weighted by atomic mass is 35.5. The van der Waals surface area contributed by atoms with Crippen molar-refractivity contribution in [2.75, 3.05) is 20.2 Å². The molecule has 5 aliphatic rings. The molecular weight excluding hydrogens is 386 g/mol. The van der Waals surface area contributed by atoms with Crippen LogP contribution in [0.15, 0.2) is 12.1 Å². The molecule has 2 heterocycles. The smallest absolute Gasteiger partial charge is 0.174 e. The standard InChI is InChI=1S/C24H31NO3.ClH/c1-3-15-12-18(26)23-24-9-10-25(13-14-5-4-6-14)17(20(15)24)11-16-7-8-19(27-2)22(28-23)21(16)24;/h7-8,14-15,17,20,23H,3-6,9-13H2,1-2H3;1H/t15-,17+,20-,23+,24-;/m0./s1. The van der Waals surface area contributed by atoms with Gasteiger partial charge in [-0.3, -0.25) is 9.69 Å². The van der Waals surface area contributed by atoms with E-state index in [0.29, 0.717) is 30.1 Å². The fourth-order valence-corrected chi connectivity index (χ4v) is 7.44. The third-order valence-corrected chi connectivity index (χ3v) is 8.82. The predicted octanol–water partition coefficient (Wildman–Crippen LogP) is 4.16. The van der Waals surface area contributed by atoms with Crippen LogP contribution in [0.2, 0.25) is 0 Å². The zero-order valence-electron chi connectivity index (χ0n) is 17.5. The number of Topliss-reactive ketones (excluding diaryl/α,β-unsaturated/α-hetero) is 1. The van der Waals surface area contributed by atoms with Crippen molar-refractivity contribution in [1.82, 2.24) is 4.90 Å². The lowest BCUT2D eigenvalue weighted by Gasteiger charge is -2.60. The Balaban J connectivity index is 0.00000181. The zero-order valence-corrected chi connectivity index (χ0v) is 18.3. The lowest BCUT2D eigenvalue weighted by Crippen LogP contribution is -2.68. The number of nitrogens with zero attached hydrogens (tertiary/aromatic N) is 1. The van der Waals surface area contributed by atoms with E-state index in [2.05, 4.69) is 24.0 Å². The van der Waals surface area contributed by atoms with Crippen molar-refractivity contribution in [3.8, 4) is 11.5 Å². The monoisotopic (exact) mass is 417 g/mol. The van der Waals surface area contributed by atoms with Crippen molar-refractivity contribution < 1.29 is 14.3 Å². The maximum atomic E-state index is 13.2. The van der Waals surface area contributed by atoms with Crippen LogP contribution >= 0.6 is 12.4 Å². The van der Waals surface area contributed by atoms with E-state index in [9.17, 15) is 4.79 Å². The summed E-state index contributed by atoms with van der Waals surface area (Å²) in [6.07, 6.45) is 7.86. The molecule has 1 spiro atoms. The number of carbonyl (C=O) groups excluding carboxylic acids is 1. The average Bonchev–Trinajstić information content (AvgIpc) is 3.01. The van der Waals surface area contributed by atoms with Crippen LogP contribution in [0.3, 0.4) is 0 Å². The number of carbonyl (C=O) groups is 1. The van der Waals surface area contributed by atoms with Gasteiger partial charge in [-0.25, -0.2) is 0 Å². The van der Waals surface area contributed by atoms with Crippen molar-refractivity contribution in [3.63, 3.8) is 0 Å². The third-order valence-electron chi connectivity index (χ3n) is 8.82. The molecule has 0 N–H and O–H groups in total. The molecule has 4 nitrogen and oxygen atoms in total. The van der Waals surface area contributed by atoms with Gasteiger partial charge in [-0.05, 0) is 61.6 Å². The first-order chi connectivity index (χ1) is 13.7. The number of hydrogen-bond donors (Lipinski definition) is 0. The Labute approximate surface area is 179 Å². The van der Waals surface area contributed by atoms with Crippen LogP contribution in [0.5, 0.6) is 11.5 Å². The van der Waals surface area contributed by atoms with E-state index in [1.54, 1.807) is 7.11 Å². The van der Waals surface area contributed by atoms with E-state index in [1.165, 1.54) is 36.9 Å². The maximum absolute atomic E-state index is 13.2. The van der Waals surface area contributed by atoms with Crippen molar-refractivity contribution in [1.29, 1.82) is 0 Å². The molecule has 0 amide bonds. The van der Waals surface area contributed by atoms with Gasteiger partial charge in [0.05, 0.1) is 7.11 Å². The van der Waals surface area contributed by atoms with E-state index < -0.39 is 0 Å². The number of rotatable bonds is 4. The minimum absolute atomic E-state index is 0. The second kappa shape index (κ2) is 6.88. The summed E-state index contributed by atoms with van der Waals surface area (Å²) < 4.78 is 12.1. The molecule has 29 heavy (non-hydrogen) atoms. The van der Waals surface area contributed by atoms with E-state index in [4.69, 9.17) is 9.47 Å². The van der Waals surface area contributed by atoms with Crippen LogP contribution in [0, 0.1) is 17.8 Å². The lowest BCUT2D eigenvalue weighted by atomic mass is 9.48. The molecule has 0 radical (unpaired) electrons. The number of methoxy groups -OCH3 is 1. The molecule has 3 fully saturated rings. The molecule has 2 aliphatic heterocycles. The predicted molar refractivity (Wildman–Crippen MR) is 114 cm³/mol. The molecule has 1 aromatic carbocycles. The van der Waals surface area contributed by atoms with Crippen molar-refractivity contribution in [2.24, 2.45) is 17.8 Å². The number of ketones is 1. The summed E-state index contributed by atoms with van der Waals surface area (Å²) in [5, 5.41) is 0. The summed E-state index contributed by atoms with van der Waals surface area (Å²) in [6, 6.07) is 4.86. The largest absolute Gasteiger partial charge is 0.493 e. The summed E-state index contributed by atoms with van der Waals surface area (Å²) in [5.41, 5.74) is 2.63. The number of hydrogen-bond acceptors (Lipinski definition) is 4. The van der Waals surface area contributed by atoms with Crippen LogP contribution in [0.25, 0.3) is 0 Å². The van der Waals surface area contributed by atoms with Gasteiger partial charge in [0.2, 0.25) is 0 Å². The minimum Gasteiger partial charge on any atom is -0.493 e. The minimum atomic E-state index is -0.293. The van der Waals surface area contributed by atoms with Crippen molar-refractivity contribution in [2.45, 2.75) is 69.4 Å². The number of likely N-dealkylation sites (tertiary alicyclic amines) is 1. The molecule has 0 unspecified atom stereocenters. The molecule has 0 aromatic heterocycles. The molecule has 5 atom stereocenters. The number of piperidine rings is 1. The quantitative estimate of drug-likeness (QED) is 0.737. The first kappa shape index (κ1) is 19.7. The molecular formula is C24H32ClNO3.